The highest BCUT2D eigenvalue weighted by molar-refractivity contribution is 5.95. The molecule has 9 heteroatoms. The molecule has 8 nitrogen and oxygen atoms in total. The van der Waals surface area contributed by atoms with Gasteiger partial charge in [-0.15, -0.1) is 0 Å². The first kappa shape index (κ1) is 22.1. The van der Waals surface area contributed by atoms with Crippen molar-refractivity contribution in [1.29, 1.82) is 0 Å². The number of rotatable bonds is 4. The number of benzene rings is 1. The third-order valence-corrected chi connectivity index (χ3v) is 6.55. The van der Waals surface area contributed by atoms with Crippen molar-refractivity contribution in [1.82, 2.24) is 25.3 Å². The summed E-state index contributed by atoms with van der Waals surface area (Å²) in [5.41, 5.74) is 2.57. The number of carbonyl (C=O) groups is 2. The Bertz CT molecular complexity index is 1090. The van der Waals surface area contributed by atoms with Crippen molar-refractivity contribution in [3.05, 3.63) is 62.3 Å². The van der Waals surface area contributed by atoms with Crippen LogP contribution in [0.15, 0.2) is 23.0 Å². The van der Waals surface area contributed by atoms with Gasteiger partial charge in [0.05, 0.1) is 17.2 Å². The van der Waals surface area contributed by atoms with Crippen LogP contribution in [-0.4, -0.2) is 71.1 Å². The summed E-state index contributed by atoms with van der Waals surface area (Å²) in [4.78, 5) is 40.7. The summed E-state index contributed by atoms with van der Waals surface area (Å²) < 4.78 is 14.5. The van der Waals surface area contributed by atoms with Gasteiger partial charge in [-0.05, 0) is 50.1 Å². The number of halogens is 1. The molecule has 4 rings (SSSR count). The van der Waals surface area contributed by atoms with Crippen LogP contribution in [0.5, 0.6) is 0 Å². The molecule has 2 N–H and O–H groups in total. The first-order valence-corrected chi connectivity index (χ1v) is 11.0. The van der Waals surface area contributed by atoms with E-state index >= 15 is 0 Å². The molecule has 170 valence electrons. The van der Waals surface area contributed by atoms with Gasteiger partial charge in [-0.3, -0.25) is 14.4 Å². The Hall–Kier alpha value is -3.07. The summed E-state index contributed by atoms with van der Waals surface area (Å²) in [6, 6.07) is 4.48. The van der Waals surface area contributed by atoms with Crippen molar-refractivity contribution in [2.75, 3.05) is 39.3 Å². The normalized spacial score (nSPS) is 18.8. The zero-order valence-electron chi connectivity index (χ0n) is 18.4. The third-order valence-electron chi connectivity index (χ3n) is 6.55. The molecule has 0 bridgehead atoms. The van der Waals surface area contributed by atoms with Crippen molar-refractivity contribution in [3.63, 3.8) is 0 Å². The lowest BCUT2D eigenvalue weighted by Gasteiger charge is -2.36. The van der Waals surface area contributed by atoms with Crippen molar-refractivity contribution in [2.45, 2.75) is 26.7 Å². The Labute approximate surface area is 185 Å². The summed E-state index contributed by atoms with van der Waals surface area (Å²) in [7, 11) is 0. The van der Waals surface area contributed by atoms with Crippen LogP contribution in [-0.2, 0) is 11.2 Å². The second-order valence-corrected chi connectivity index (χ2v) is 8.55. The fraction of sp³-hybridized carbons (Fsp3) is 0.478. The van der Waals surface area contributed by atoms with E-state index in [-0.39, 0.29) is 28.9 Å². The van der Waals surface area contributed by atoms with Crippen LogP contribution >= 0.6 is 0 Å². The number of nitrogens with one attached hydrogen (secondary N) is 2. The molecule has 32 heavy (non-hydrogen) atoms. The lowest BCUT2D eigenvalue weighted by molar-refractivity contribution is -0.136. The van der Waals surface area contributed by atoms with Crippen LogP contribution in [0, 0.1) is 25.6 Å². The minimum Gasteiger partial charge on any atom is -0.339 e. The number of H-pyrrole nitrogens is 1. The number of aromatic amines is 1. The number of nitrogens with zero attached hydrogens (tertiary/aromatic N) is 3. The maximum Gasteiger partial charge on any atom is 0.267 e. The van der Waals surface area contributed by atoms with Gasteiger partial charge < -0.3 is 15.1 Å². The molecule has 1 aromatic carbocycles. The van der Waals surface area contributed by atoms with E-state index in [2.05, 4.69) is 15.5 Å². The average Bonchev–Trinajstić information content (AvgIpc) is 3.35. The Morgan fingerprint density at radius 1 is 1.12 bits per heavy atom. The topological polar surface area (TPSA) is 98.4 Å². The van der Waals surface area contributed by atoms with Gasteiger partial charge in [-0.1, -0.05) is 6.07 Å². The number of carbonyl (C=O) groups excluding carboxylic acids is 2. The maximum atomic E-state index is 14.5. The van der Waals surface area contributed by atoms with Crippen LogP contribution in [0.1, 0.15) is 39.2 Å². The van der Waals surface area contributed by atoms with Gasteiger partial charge in [-0.2, -0.15) is 5.10 Å². The molecule has 2 fully saturated rings. The molecular formula is C23H28FN5O3. The standard InChI is InChI=1S/C23H28FN5O3/c1-14-15(2)21(30)27-26-20(14)12-16-3-4-19(24)18(11-16)23(32)29-9-7-28(8-10-29)22(31)17-5-6-25-13-17/h3-4,11,17,25H,5-10,12-13H2,1-2H3,(H,27,30). The van der Waals surface area contributed by atoms with E-state index in [4.69, 9.17) is 0 Å². The quantitative estimate of drug-likeness (QED) is 0.738. The number of piperazine rings is 1. The Balaban J connectivity index is 1.44. The molecule has 2 aliphatic rings. The van der Waals surface area contributed by atoms with E-state index in [1.54, 1.807) is 28.9 Å². The molecule has 0 spiro atoms. The highest BCUT2D eigenvalue weighted by atomic mass is 19.1. The molecule has 0 saturated carbocycles. The highest BCUT2D eigenvalue weighted by Gasteiger charge is 2.31. The molecule has 0 radical (unpaired) electrons. The minimum atomic E-state index is -0.573. The Kier molecular flexibility index (Phi) is 6.36. The smallest absolute Gasteiger partial charge is 0.267 e. The minimum absolute atomic E-state index is 0.0139. The van der Waals surface area contributed by atoms with E-state index in [1.807, 2.05) is 6.92 Å². The van der Waals surface area contributed by atoms with Gasteiger partial charge in [0.2, 0.25) is 5.91 Å². The SMILES string of the molecule is Cc1c(Cc2ccc(F)c(C(=O)N3CCN(C(=O)C4CCNC4)CC3)c2)n[nH]c(=O)c1C. The average molecular weight is 442 g/mol. The van der Waals surface area contributed by atoms with E-state index in [0.717, 1.165) is 24.1 Å². The fourth-order valence-corrected chi connectivity index (χ4v) is 4.31. The van der Waals surface area contributed by atoms with E-state index < -0.39 is 5.82 Å². The monoisotopic (exact) mass is 441 g/mol. The molecule has 1 aromatic heterocycles. The van der Waals surface area contributed by atoms with Gasteiger partial charge in [-0.25, -0.2) is 9.49 Å². The second kappa shape index (κ2) is 9.20. The van der Waals surface area contributed by atoms with Crippen LogP contribution in [0.25, 0.3) is 0 Å². The molecule has 2 aromatic rings. The molecule has 0 aliphatic carbocycles. The summed E-state index contributed by atoms with van der Waals surface area (Å²) in [5, 5.41) is 9.79. The molecular weight excluding hydrogens is 413 g/mol. The third kappa shape index (κ3) is 4.43. The van der Waals surface area contributed by atoms with Crippen LogP contribution in [0.2, 0.25) is 0 Å². The second-order valence-electron chi connectivity index (χ2n) is 8.55. The largest absolute Gasteiger partial charge is 0.339 e. The first-order valence-electron chi connectivity index (χ1n) is 11.0. The molecule has 2 aliphatic heterocycles. The van der Waals surface area contributed by atoms with Crippen LogP contribution in [0.3, 0.4) is 0 Å². The van der Waals surface area contributed by atoms with Crippen molar-refractivity contribution in [3.8, 4) is 0 Å². The van der Waals surface area contributed by atoms with E-state index in [0.29, 0.717) is 50.4 Å². The summed E-state index contributed by atoms with van der Waals surface area (Å²) in [6.07, 6.45) is 1.22. The molecule has 1 unspecified atom stereocenters. The molecule has 2 amide bonds. The van der Waals surface area contributed by atoms with Gasteiger partial charge in [0.1, 0.15) is 5.82 Å². The maximum absolute atomic E-state index is 14.5. The van der Waals surface area contributed by atoms with E-state index in [1.165, 1.54) is 6.07 Å². The predicted molar refractivity (Wildman–Crippen MR) is 117 cm³/mol. The highest BCUT2D eigenvalue weighted by Crippen LogP contribution is 2.19. The van der Waals surface area contributed by atoms with Crippen molar-refractivity contribution >= 4 is 11.8 Å². The zero-order valence-corrected chi connectivity index (χ0v) is 18.4. The van der Waals surface area contributed by atoms with Gasteiger partial charge >= 0.3 is 0 Å². The fourth-order valence-electron chi connectivity index (χ4n) is 4.31. The van der Waals surface area contributed by atoms with Crippen molar-refractivity contribution < 1.29 is 14.0 Å². The lowest BCUT2D eigenvalue weighted by Crippen LogP contribution is -2.52. The number of aromatic nitrogens is 2. The summed E-state index contributed by atoms with van der Waals surface area (Å²) in [5.74, 6) is -0.799. The summed E-state index contributed by atoms with van der Waals surface area (Å²) in [6.45, 7) is 6.81. The van der Waals surface area contributed by atoms with Crippen LogP contribution in [0.4, 0.5) is 4.39 Å². The van der Waals surface area contributed by atoms with Crippen molar-refractivity contribution in [2.24, 2.45) is 5.92 Å². The van der Waals surface area contributed by atoms with Gasteiger partial charge in [0.25, 0.3) is 11.5 Å². The number of hydrogen-bond donors (Lipinski definition) is 2. The van der Waals surface area contributed by atoms with Crippen LogP contribution < -0.4 is 10.9 Å². The van der Waals surface area contributed by atoms with E-state index in [9.17, 15) is 18.8 Å². The first-order chi connectivity index (χ1) is 15.3. The van der Waals surface area contributed by atoms with Gasteiger partial charge in [0.15, 0.2) is 0 Å². The molecule has 2 saturated heterocycles. The molecule has 3 heterocycles. The lowest BCUT2D eigenvalue weighted by atomic mass is 10.0. The summed E-state index contributed by atoms with van der Waals surface area (Å²) >= 11 is 0. The predicted octanol–water partition coefficient (Wildman–Crippen LogP) is 1.01. The molecule has 1 atom stereocenters. The Morgan fingerprint density at radius 2 is 1.84 bits per heavy atom. The number of hydrogen-bond acceptors (Lipinski definition) is 5. The van der Waals surface area contributed by atoms with Gasteiger partial charge in [0, 0.05) is 44.7 Å². The number of amides is 2. The zero-order chi connectivity index (χ0) is 22.8. The Morgan fingerprint density at radius 3 is 2.53 bits per heavy atom.